The van der Waals surface area contributed by atoms with Crippen molar-refractivity contribution in [3.8, 4) is 0 Å². The molecule has 2 aromatic heterocycles. The first-order valence-electron chi connectivity index (χ1n) is 6.73. The molecule has 1 N–H and O–H groups in total. The van der Waals surface area contributed by atoms with Crippen molar-refractivity contribution < 1.29 is 4.79 Å². The summed E-state index contributed by atoms with van der Waals surface area (Å²) in [6.07, 6.45) is 7.56. The van der Waals surface area contributed by atoms with Gasteiger partial charge >= 0.3 is 0 Å². The minimum atomic E-state index is -0.0756. The quantitative estimate of drug-likeness (QED) is 0.939. The van der Waals surface area contributed by atoms with Crippen LogP contribution in [-0.4, -0.2) is 26.6 Å². The van der Waals surface area contributed by atoms with Crippen LogP contribution in [-0.2, 0) is 20.0 Å². The number of aryl methyl sites for hydroxylation is 2. The number of hydrogen-bond acceptors (Lipinski definition) is 2. The van der Waals surface area contributed by atoms with E-state index in [1.807, 2.05) is 19.4 Å². The number of carbonyl (C=O) groups is 1. The van der Waals surface area contributed by atoms with Crippen molar-refractivity contribution in [1.82, 2.24) is 19.4 Å². The van der Waals surface area contributed by atoms with Crippen LogP contribution in [0.25, 0.3) is 0 Å². The Balaban J connectivity index is 1.58. The van der Waals surface area contributed by atoms with E-state index in [9.17, 15) is 4.79 Å². The van der Waals surface area contributed by atoms with Gasteiger partial charge in [0.25, 0.3) is 5.91 Å². The lowest BCUT2D eigenvalue weighted by Gasteiger charge is -2.23. The number of amides is 1. The van der Waals surface area contributed by atoms with Crippen molar-refractivity contribution in [2.45, 2.75) is 19.4 Å². The third kappa shape index (κ3) is 2.58. The summed E-state index contributed by atoms with van der Waals surface area (Å²) in [7, 11) is 1.82. The van der Waals surface area contributed by atoms with Gasteiger partial charge in [-0.3, -0.25) is 4.79 Å². The Hall–Kier alpha value is -1.75. The van der Waals surface area contributed by atoms with Crippen LogP contribution in [0.5, 0.6) is 0 Å². The number of nitrogens with zero attached hydrogens (tertiary/aromatic N) is 3. The first kappa shape index (κ1) is 13.2. The predicted octanol–water partition coefficient (Wildman–Crippen LogP) is 1.87. The van der Waals surface area contributed by atoms with Gasteiger partial charge < -0.3 is 14.5 Å². The second kappa shape index (κ2) is 5.32. The molecule has 1 aliphatic heterocycles. The number of aromatic nitrogens is 3. The van der Waals surface area contributed by atoms with Gasteiger partial charge in [-0.25, -0.2) is 4.98 Å². The zero-order valence-electron chi connectivity index (χ0n) is 11.3. The molecule has 5 nitrogen and oxygen atoms in total. The van der Waals surface area contributed by atoms with E-state index in [1.165, 1.54) is 0 Å². The lowest BCUT2D eigenvalue weighted by atomic mass is 9.98. The van der Waals surface area contributed by atoms with E-state index in [-0.39, 0.29) is 5.91 Å². The summed E-state index contributed by atoms with van der Waals surface area (Å²) in [5.41, 5.74) is 0.590. The van der Waals surface area contributed by atoms with Gasteiger partial charge in [-0.1, -0.05) is 11.6 Å². The topological polar surface area (TPSA) is 51.9 Å². The van der Waals surface area contributed by atoms with Crippen molar-refractivity contribution in [2.24, 2.45) is 13.0 Å². The Kier molecular flexibility index (Phi) is 3.53. The molecule has 20 heavy (non-hydrogen) atoms. The first-order chi connectivity index (χ1) is 9.63. The number of nitrogens with one attached hydrogen (secondary N) is 1. The summed E-state index contributed by atoms with van der Waals surface area (Å²) in [5, 5.41) is 3.57. The highest BCUT2D eigenvalue weighted by Gasteiger charge is 2.20. The van der Waals surface area contributed by atoms with E-state index in [0.717, 1.165) is 25.2 Å². The monoisotopic (exact) mass is 292 g/mol. The van der Waals surface area contributed by atoms with Crippen molar-refractivity contribution in [2.75, 3.05) is 6.54 Å². The summed E-state index contributed by atoms with van der Waals surface area (Å²) in [4.78, 5) is 16.4. The number of halogens is 1. The molecule has 1 amide bonds. The highest BCUT2D eigenvalue weighted by Crippen LogP contribution is 2.18. The minimum Gasteiger partial charge on any atom is -0.350 e. The highest BCUT2D eigenvalue weighted by atomic mass is 35.5. The molecule has 3 heterocycles. The van der Waals surface area contributed by atoms with Gasteiger partial charge in [0.05, 0.1) is 5.02 Å². The van der Waals surface area contributed by atoms with E-state index >= 15 is 0 Å². The normalized spacial score (nSPS) is 17.8. The third-order valence-corrected chi connectivity index (χ3v) is 4.01. The molecule has 0 bridgehead atoms. The minimum absolute atomic E-state index is 0.0756. The Morgan fingerprint density at radius 3 is 3.20 bits per heavy atom. The van der Waals surface area contributed by atoms with Crippen LogP contribution < -0.4 is 5.32 Å². The lowest BCUT2D eigenvalue weighted by molar-refractivity contribution is 0.0936. The van der Waals surface area contributed by atoms with Crippen LogP contribution in [0.3, 0.4) is 0 Å². The molecule has 0 fully saturated rings. The van der Waals surface area contributed by atoms with Crippen molar-refractivity contribution in [3.63, 3.8) is 0 Å². The number of hydrogen-bond donors (Lipinski definition) is 1. The summed E-state index contributed by atoms with van der Waals surface area (Å²) in [6.45, 7) is 1.65. The maximum Gasteiger partial charge on any atom is 0.267 e. The second-order valence-corrected chi connectivity index (χ2v) is 5.70. The molecule has 2 aromatic rings. The lowest BCUT2D eigenvalue weighted by Crippen LogP contribution is -2.33. The van der Waals surface area contributed by atoms with Crippen LogP contribution >= 0.6 is 11.6 Å². The second-order valence-electron chi connectivity index (χ2n) is 5.26. The van der Waals surface area contributed by atoms with E-state index in [1.54, 1.807) is 16.8 Å². The van der Waals surface area contributed by atoms with Gasteiger partial charge in [0, 0.05) is 45.1 Å². The third-order valence-electron chi connectivity index (χ3n) is 3.81. The fourth-order valence-electron chi connectivity index (χ4n) is 2.67. The molecule has 0 aliphatic carbocycles. The zero-order valence-corrected chi connectivity index (χ0v) is 12.1. The average Bonchev–Trinajstić information content (AvgIpc) is 3.01. The van der Waals surface area contributed by atoms with E-state index in [4.69, 9.17) is 11.6 Å². The largest absolute Gasteiger partial charge is 0.350 e. The fraction of sp³-hybridized carbons (Fsp3) is 0.429. The van der Waals surface area contributed by atoms with E-state index in [0.29, 0.717) is 23.2 Å². The van der Waals surface area contributed by atoms with Crippen LogP contribution in [0.1, 0.15) is 22.7 Å². The van der Waals surface area contributed by atoms with Gasteiger partial charge in [-0.15, -0.1) is 0 Å². The van der Waals surface area contributed by atoms with Gasteiger partial charge in [0.15, 0.2) is 0 Å². The van der Waals surface area contributed by atoms with Crippen molar-refractivity contribution in [3.05, 3.63) is 41.2 Å². The van der Waals surface area contributed by atoms with Gasteiger partial charge in [0.1, 0.15) is 11.5 Å². The number of fused-ring (bicyclic) bond motifs is 1. The van der Waals surface area contributed by atoms with E-state index in [2.05, 4.69) is 14.9 Å². The van der Waals surface area contributed by atoms with Crippen LogP contribution in [0.15, 0.2) is 24.7 Å². The van der Waals surface area contributed by atoms with Gasteiger partial charge in [0.2, 0.25) is 0 Å². The molecular formula is C14H17ClN4O. The summed E-state index contributed by atoms with van der Waals surface area (Å²) in [6, 6.07) is 1.68. The van der Waals surface area contributed by atoms with Crippen molar-refractivity contribution >= 4 is 17.5 Å². The Bertz CT molecular complexity index is 631. The summed E-state index contributed by atoms with van der Waals surface area (Å²) in [5.74, 6) is 1.48. The highest BCUT2D eigenvalue weighted by molar-refractivity contribution is 6.31. The first-order valence-corrected chi connectivity index (χ1v) is 7.11. The molecule has 0 spiro atoms. The summed E-state index contributed by atoms with van der Waals surface area (Å²) < 4.78 is 3.92. The molecule has 106 valence electrons. The van der Waals surface area contributed by atoms with Crippen LogP contribution in [0.2, 0.25) is 5.02 Å². The van der Waals surface area contributed by atoms with Gasteiger partial charge in [-0.05, 0) is 18.4 Å². The smallest absolute Gasteiger partial charge is 0.267 e. The Labute approximate surface area is 122 Å². The molecule has 0 saturated carbocycles. The molecule has 6 heteroatoms. The summed E-state index contributed by atoms with van der Waals surface area (Å²) >= 11 is 5.89. The Morgan fingerprint density at radius 2 is 2.45 bits per heavy atom. The fourth-order valence-corrected chi connectivity index (χ4v) is 2.92. The van der Waals surface area contributed by atoms with Crippen LogP contribution in [0.4, 0.5) is 0 Å². The average molecular weight is 293 g/mol. The molecule has 1 atom stereocenters. The molecule has 1 aliphatic rings. The van der Waals surface area contributed by atoms with E-state index < -0.39 is 0 Å². The maximum absolute atomic E-state index is 12.1. The van der Waals surface area contributed by atoms with Crippen LogP contribution in [0, 0.1) is 5.92 Å². The zero-order chi connectivity index (χ0) is 14.1. The number of imidazole rings is 1. The molecule has 0 saturated heterocycles. The molecule has 3 rings (SSSR count). The predicted molar refractivity (Wildman–Crippen MR) is 76.8 cm³/mol. The van der Waals surface area contributed by atoms with Gasteiger partial charge in [-0.2, -0.15) is 0 Å². The maximum atomic E-state index is 12.1. The number of carbonyl (C=O) groups excluding carboxylic acids is 1. The van der Waals surface area contributed by atoms with Crippen molar-refractivity contribution in [1.29, 1.82) is 0 Å². The number of rotatable bonds is 3. The molecule has 1 unspecified atom stereocenters. The molecule has 0 radical (unpaired) electrons. The standard InChI is InChI=1S/C14H17ClN4O/c1-18-9-11(15)7-12(18)14(20)17-8-10-2-4-19-5-3-16-13(19)6-10/h3,5,7,9-10H,2,4,6,8H2,1H3,(H,17,20). The SMILES string of the molecule is Cn1cc(Cl)cc1C(=O)NCC1CCn2ccnc2C1. The molecule has 0 aromatic carbocycles. The Morgan fingerprint density at radius 1 is 1.60 bits per heavy atom. The molecular weight excluding hydrogens is 276 g/mol.